The van der Waals surface area contributed by atoms with Crippen LogP contribution >= 0.6 is 22.6 Å². The summed E-state index contributed by atoms with van der Waals surface area (Å²) in [4.78, 5) is 0. The lowest BCUT2D eigenvalue weighted by atomic mass is 10.1. The van der Waals surface area contributed by atoms with E-state index in [1.807, 2.05) is 16.9 Å². The molecule has 0 spiro atoms. The summed E-state index contributed by atoms with van der Waals surface area (Å²) in [5.74, 6) is 0. The van der Waals surface area contributed by atoms with Crippen LogP contribution in [0.1, 0.15) is 11.7 Å². The minimum Gasteiger partial charge on any atom is -0.376 e. The number of nitrogens with zero attached hydrogens (tertiary/aromatic N) is 2. The van der Waals surface area contributed by atoms with Gasteiger partial charge in [-0.2, -0.15) is 5.10 Å². The molecule has 84 valence electrons. The first-order chi connectivity index (χ1) is 7.84. The zero-order valence-electron chi connectivity index (χ0n) is 8.60. The average molecular weight is 330 g/mol. The molecule has 1 aliphatic heterocycles. The van der Waals surface area contributed by atoms with E-state index in [1.54, 1.807) is 0 Å². The van der Waals surface area contributed by atoms with Gasteiger partial charge in [0.1, 0.15) is 6.10 Å². The molecular weight excluding hydrogens is 319 g/mol. The molecule has 1 aliphatic rings. The van der Waals surface area contributed by atoms with Gasteiger partial charge in [0.05, 0.1) is 35.1 Å². The van der Waals surface area contributed by atoms with Gasteiger partial charge in [-0.3, -0.25) is 0 Å². The summed E-state index contributed by atoms with van der Waals surface area (Å²) in [5.41, 5.74) is 2.24. The van der Waals surface area contributed by atoms with Crippen molar-refractivity contribution in [3.05, 3.63) is 33.7 Å². The molecule has 0 amide bonds. The Bertz CT molecular complexity index is 506. The Morgan fingerprint density at radius 1 is 1.38 bits per heavy atom. The number of pyridine rings is 1. The summed E-state index contributed by atoms with van der Waals surface area (Å²) in [6.45, 7) is 1.99. The molecule has 1 unspecified atom stereocenters. The second kappa shape index (κ2) is 4.31. The lowest BCUT2D eigenvalue weighted by Gasteiger charge is -2.23. The first-order valence-corrected chi connectivity index (χ1v) is 6.24. The summed E-state index contributed by atoms with van der Waals surface area (Å²) in [7, 11) is 0. The van der Waals surface area contributed by atoms with E-state index in [2.05, 4.69) is 39.8 Å². The van der Waals surface area contributed by atoms with Crippen molar-refractivity contribution in [2.75, 3.05) is 19.8 Å². The molecule has 3 rings (SSSR count). The molecule has 1 atom stereocenters. The number of halogens is 1. The zero-order chi connectivity index (χ0) is 11.0. The number of hydrogen-bond acceptors (Lipinski definition) is 3. The number of rotatable bonds is 1. The maximum Gasteiger partial charge on any atom is 0.107 e. The SMILES string of the molecule is Ic1cnn2cc(C3COCCO3)ccc12. The van der Waals surface area contributed by atoms with Gasteiger partial charge in [0, 0.05) is 11.8 Å². The Hall–Kier alpha value is -0.660. The summed E-state index contributed by atoms with van der Waals surface area (Å²) in [6.07, 6.45) is 3.91. The monoisotopic (exact) mass is 330 g/mol. The van der Waals surface area contributed by atoms with Crippen LogP contribution in [-0.4, -0.2) is 29.4 Å². The van der Waals surface area contributed by atoms with Crippen LogP contribution in [-0.2, 0) is 9.47 Å². The van der Waals surface area contributed by atoms with E-state index in [9.17, 15) is 0 Å². The van der Waals surface area contributed by atoms with Gasteiger partial charge in [0.25, 0.3) is 0 Å². The molecule has 3 heterocycles. The Morgan fingerprint density at radius 3 is 3.12 bits per heavy atom. The maximum absolute atomic E-state index is 5.65. The highest BCUT2D eigenvalue weighted by atomic mass is 127. The lowest BCUT2D eigenvalue weighted by Crippen LogP contribution is -2.22. The molecule has 0 saturated carbocycles. The molecule has 1 fully saturated rings. The molecule has 2 aromatic heterocycles. The van der Waals surface area contributed by atoms with Crippen LogP contribution in [0.15, 0.2) is 24.5 Å². The summed E-state index contributed by atoms with van der Waals surface area (Å²) >= 11 is 2.28. The molecule has 4 nitrogen and oxygen atoms in total. The van der Waals surface area contributed by atoms with Crippen LogP contribution in [0.5, 0.6) is 0 Å². The van der Waals surface area contributed by atoms with Gasteiger partial charge in [0.2, 0.25) is 0 Å². The second-order valence-corrected chi connectivity index (χ2v) is 4.88. The van der Waals surface area contributed by atoms with Crippen LogP contribution in [0.2, 0.25) is 0 Å². The van der Waals surface area contributed by atoms with Crippen molar-refractivity contribution < 1.29 is 9.47 Å². The molecular formula is C11H11IN2O2. The van der Waals surface area contributed by atoms with Crippen LogP contribution in [0, 0.1) is 3.57 Å². The van der Waals surface area contributed by atoms with Crippen LogP contribution in [0.25, 0.3) is 5.52 Å². The second-order valence-electron chi connectivity index (χ2n) is 3.72. The smallest absolute Gasteiger partial charge is 0.107 e. The van der Waals surface area contributed by atoms with Crippen LogP contribution in [0.4, 0.5) is 0 Å². The highest BCUT2D eigenvalue weighted by molar-refractivity contribution is 14.1. The first kappa shape index (κ1) is 10.5. The molecule has 0 aromatic carbocycles. The minimum atomic E-state index is 0.0417. The third-order valence-corrected chi connectivity index (χ3v) is 3.51. The number of ether oxygens (including phenoxy) is 2. The fraction of sp³-hybridized carbons (Fsp3) is 0.364. The van der Waals surface area contributed by atoms with Crippen LogP contribution < -0.4 is 0 Å². The van der Waals surface area contributed by atoms with E-state index in [1.165, 1.54) is 0 Å². The topological polar surface area (TPSA) is 35.8 Å². The predicted octanol–water partition coefficient (Wildman–Crippen LogP) is 2.03. The van der Waals surface area contributed by atoms with E-state index in [0.29, 0.717) is 19.8 Å². The summed E-state index contributed by atoms with van der Waals surface area (Å²) in [6, 6.07) is 4.15. The third-order valence-electron chi connectivity index (χ3n) is 2.68. The minimum absolute atomic E-state index is 0.0417. The van der Waals surface area contributed by atoms with Crippen molar-refractivity contribution in [3.63, 3.8) is 0 Å². The highest BCUT2D eigenvalue weighted by Crippen LogP contribution is 2.22. The normalized spacial score (nSPS) is 21.4. The standard InChI is InChI=1S/C11H11IN2O2/c12-9-5-13-14-6-8(1-2-10(9)14)11-7-15-3-4-16-11/h1-2,5-6,11H,3-4,7H2. The maximum atomic E-state index is 5.65. The fourth-order valence-corrected chi connectivity index (χ4v) is 2.39. The van der Waals surface area contributed by atoms with E-state index in [0.717, 1.165) is 14.7 Å². The van der Waals surface area contributed by atoms with Crippen molar-refractivity contribution >= 4 is 28.1 Å². The number of fused-ring (bicyclic) bond motifs is 1. The van der Waals surface area contributed by atoms with Gasteiger partial charge < -0.3 is 9.47 Å². The van der Waals surface area contributed by atoms with Crippen molar-refractivity contribution in [1.82, 2.24) is 9.61 Å². The lowest BCUT2D eigenvalue weighted by molar-refractivity contribution is -0.0903. The number of aromatic nitrogens is 2. The quantitative estimate of drug-likeness (QED) is 0.751. The van der Waals surface area contributed by atoms with E-state index >= 15 is 0 Å². The van der Waals surface area contributed by atoms with Gasteiger partial charge in [-0.1, -0.05) is 6.07 Å². The van der Waals surface area contributed by atoms with Crippen molar-refractivity contribution in [1.29, 1.82) is 0 Å². The molecule has 0 aliphatic carbocycles. The third kappa shape index (κ3) is 1.83. The highest BCUT2D eigenvalue weighted by Gasteiger charge is 2.17. The zero-order valence-corrected chi connectivity index (χ0v) is 10.8. The predicted molar refractivity (Wildman–Crippen MR) is 67.4 cm³/mol. The van der Waals surface area contributed by atoms with E-state index in [4.69, 9.17) is 9.47 Å². The number of hydrogen-bond donors (Lipinski definition) is 0. The van der Waals surface area contributed by atoms with Gasteiger partial charge in [-0.05, 0) is 28.7 Å². The van der Waals surface area contributed by atoms with E-state index < -0.39 is 0 Å². The van der Waals surface area contributed by atoms with Crippen molar-refractivity contribution in [2.45, 2.75) is 6.10 Å². The molecule has 0 N–H and O–H groups in total. The molecule has 0 radical (unpaired) electrons. The summed E-state index contributed by atoms with van der Waals surface area (Å²) < 4.78 is 14.1. The Labute approximate surface area is 107 Å². The Morgan fingerprint density at radius 2 is 2.31 bits per heavy atom. The Balaban J connectivity index is 1.97. The van der Waals surface area contributed by atoms with Gasteiger partial charge in [0.15, 0.2) is 0 Å². The van der Waals surface area contributed by atoms with Crippen molar-refractivity contribution in [3.8, 4) is 0 Å². The van der Waals surface area contributed by atoms with Crippen molar-refractivity contribution in [2.24, 2.45) is 0 Å². The van der Waals surface area contributed by atoms with Gasteiger partial charge in [-0.15, -0.1) is 0 Å². The molecule has 5 heteroatoms. The molecule has 0 bridgehead atoms. The van der Waals surface area contributed by atoms with E-state index in [-0.39, 0.29) is 6.10 Å². The Kier molecular flexibility index (Phi) is 2.82. The molecule has 16 heavy (non-hydrogen) atoms. The molecule has 1 saturated heterocycles. The average Bonchev–Trinajstić information content (AvgIpc) is 2.72. The summed E-state index contributed by atoms with van der Waals surface area (Å²) in [5, 5.41) is 4.29. The van der Waals surface area contributed by atoms with Gasteiger partial charge in [-0.25, -0.2) is 4.52 Å². The van der Waals surface area contributed by atoms with Crippen LogP contribution in [0.3, 0.4) is 0 Å². The largest absolute Gasteiger partial charge is 0.376 e. The molecule has 2 aromatic rings. The fourth-order valence-electron chi connectivity index (χ4n) is 1.84. The first-order valence-electron chi connectivity index (χ1n) is 5.17. The van der Waals surface area contributed by atoms with Gasteiger partial charge >= 0.3 is 0 Å².